The number of amides is 4. The molecule has 2 aliphatic carbocycles. The van der Waals surface area contributed by atoms with Crippen LogP contribution in [0.5, 0.6) is 5.75 Å². The average molecular weight is 628 g/mol. The molecule has 6 atom stereocenters. The van der Waals surface area contributed by atoms with E-state index in [0.29, 0.717) is 39.4 Å². The lowest BCUT2D eigenvalue weighted by atomic mass is 9.49. The first kappa shape index (κ1) is 29.2. The smallest absolute Gasteiger partial charge is 0.260 e. The second kappa shape index (κ2) is 10.3. The molecule has 4 amide bonds. The molecule has 4 aliphatic rings. The maximum Gasteiger partial charge on any atom is 0.260 e. The fourth-order valence-corrected chi connectivity index (χ4v) is 8.47. The Morgan fingerprint density at radius 3 is 2.20 bits per heavy atom. The van der Waals surface area contributed by atoms with Gasteiger partial charge >= 0.3 is 0 Å². The number of hydrogen-bond acceptors (Lipinski definition) is 6. The summed E-state index contributed by atoms with van der Waals surface area (Å²) in [6.45, 7) is 3.56. The van der Waals surface area contributed by atoms with E-state index < -0.39 is 52.6 Å². The predicted octanol–water partition coefficient (Wildman–Crippen LogP) is 5.42. The van der Waals surface area contributed by atoms with Crippen molar-refractivity contribution in [2.75, 3.05) is 12.5 Å². The van der Waals surface area contributed by atoms with Gasteiger partial charge in [0.25, 0.3) is 11.8 Å². The van der Waals surface area contributed by atoms with Crippen LogP contribution in [0, 0.1) is 43.3 Å². The molecule has 0 aromatic heterocycles. The lowest BCUT2D eigenvalue weighted by Gasteiger charge is -2.50. The molecule has 2 aliphatic heterocycles. The molecular weight excluding hydrogens is 597 g/mol. The molecular formula is C35H31ClFN3O5. The SMILES string of the molecule is Cc1cc([C@H]2C3=CC[C@@H]4C(=O)N(C)C(=O)[C@@H]4[C@@H]3C[C@H]3C(=O)N(Nc4ccc(F)cc4)C(=O)[C@@]23c2ccc(Cl)cc2)cc(C)c1O. The minimum atomic E-state index is -1.46. The lowest BCUT2D eigenvalue weighted by molar-refractivity contribution is -0.140. The highest BCUT2D eigenvalue weighted by Gasteiger charge is 2.70. The van der Waals surface area contributed by atoms with Crippen LogP contribution in [0.1, 0.15) is 41.0 Å². The molecule has 3 aromatic rings. The third kappa shape index (κ3) is 4.09. The first-order chi connectivity index (χ1) is 21.4. The van der Waals surface area contributed by atoms with Crippen molar-refractivity contribution < 1.29 is 28.7 Å². The highest BCUT2D eigenvalue weighted by Crippen LogP contribution is 2.64. The van der Waals surface area contributed by atoms with Gasteiger partial charge in [-0.1, -0.05) is 47.5 Å². The summed E-state index contributed by atoms with van der Waals surface area (Å²) in [5, 5.41) is 12.2. The van der Waals surface area contributed by atoms with Gasteiger partial charge in [-0.25, -0.2) is 4.39 Å². The minimum absolute atomic E-state index is 0.132. The Bertz CT molecular complexity index is 1800. The topological polar surface area (TPSA) is 107 Å². The Balaban J connectivity index is 1.49. The van der Waals surface area contributed by atoms with E-state index in [1.807, 2.05) is 18.2 Å². The van der Waals surface area contributed by atoms with Crippen LogP contribution >= 0.6 is 11.6 Å². The maximum absolute atomic E-state index is 15.0. The van der Waals surface area contributed by atoms with E-state index in [2.05, 4.69) is 5.43 Å². The summed E-state index contributed by atoms with van der Waals surface area (Å²) >= 11 is 6.31. The van der Waals surface area contributed by atoms with Crippen LogP contribution < -0.4 is 5.43 Å². The number of phenols is 1. The number of rotatable bonds is 4. The summed E-state index contributed by atoms with van der Waals surface area (Å²) in [6, 6.07) is 15.9. The first-order valence-corrected chi connectivity index (χ1v) is 15.3. The third-order valence-electron chi connectivity index (χ3n) is 10.3. The standard InChI is InChI=1S/C35H31ClFN3O5/c1-17-14-19(15-18(2)30(17)41)29-24-12-13-25-28(33(44)39(3)31(25)42)26(24)16-27-32(43)40(38-23-10-8-22(37)9-11-23)34(45)35(27,29)20-4-6-21(36)7-5-20/h4-12,14-15,25-29,38,41H,13,16H2,1-3H3/t25-,26+,27-,28-,29-,35+/m0/s1. The number of fused-ring (bicyclic) bond motifs is 4. The molecule has 10 heteroatoms. The Hall–Kier alpha value is -4.50. The second-order valence-electron chi connectivity index (χ2n) is 12.6. The minimum Gasteiger partial charge on any atom is -0.507 e. The number of phenolic OH excluding ortho intramolecular Hbond substituents is 1. The number of anilines is 1. The zero-order chi connectivity index (χ0) is 31.9. The van der Waals surface area contributed by atoms with Crippen LogP contribution in [0.15, 0.2) is 72.3 Å². The Kier molecular flexibility index (Phi) is 6.67. The van der Waals surface area contributed by atoms with Gasteiger partial charge in [0.05, 0.1) is 28.9 Å². The average Bonchev–Trinajstić information content (AvgIpc) is 3.37. The molecule has 2 N–H and O–H groups in total. The van der Waals surface area contributed by atoms with E-state index in [1.54, 1.807) is 38.1 Å². The summed E-state index contributed by atoms with van der Waals surface area (Å²) in [6.07, 6.45) is 2.49. The summed E-state index contributed by atoms with van der Waals surface area (Å²) in [4.78, 5) is 57.5. The normalized spacial score (nSPS) is 29.0. The van der Waals surface area contributed by atoms with Gasteiger partial charge in [-0.3, -0.25) is 29.5 Å². The highest BCUT2D eigenvalue weighted by molar-refractivity contribution is 6.30. The molecule has 7 rings (SSSR count). The molecule has 3 aromatic carbocycles. The Labute approximate surface area is 264 Å². The molecule has 8 nitrogen and oxygen atoms in total. The quantitative estimate of drug-likeness (QED) is 0.296. The number of hydrazine groups is 1. The monoisotopic (exact) mass is 627 g/mol. The van der Waals surface area contributed by atoms with Crippen molar-refractivity contribution in [3.8, 4) is 5.75 Å². The zero-order valence-corrected chi connectivity index (χ0v) is 25.6. The van der Waals surface area contributed by atoms with E-state index in [-0.39, 0.29) is 24.0 Å². The van der Waals surface area contributed by atoms with E-state index in [1.165, 1.54) is 36.2 Å². The number of carbonyl (C=O) groups is 4. The number of likely N-dealkylation sites (tertiary alicyclic amines) is 1. The number of allylic oxidation sites excluding steroid dienone is 2. The van der Waals surface area contributed by atoms with Gasteiger partial charge < -0.3 is 5.11 Å². The first-order valence-electron chi connectivity index (χ1n) is 14.9. The number of benzene rings is 3. The highest BCUT2D eigenvalue weighted by atomic mass is 35.5. The fraction of sp³-hybridized carbons (Fsp3) is 0.314. The number of hydrogen-bond donors (Lipinski definition) is 2. The number of imide groups is 2. The molecule has 0 bridgehead atoms. The van der Waals surface area contributed by atoms with Crippen molar-refractivity contribution in [1.29, 1.82) is 0 Å². The summed E-state index contributed by atoms with van der Waals surface area (Å²) in [5.41, 5.74) is 5.16. The number of aryl methyl sites for hydroxylation is 2. The molecule has 1 saturated carbocycles. The number of carbonyl (C=O) groups excluding carboxylic acids is 4. The van der Waals surface area contributed by atoms with Crippen LogP contribution in [0.25, 0.3) is 0 Å². The second-order valence-corrected chi connectivity index (χ2v) is 13.0. The van der Waals surface area contributed by atoms with Gasteiger partial charge in [0.2, 0.25) is 11.8 Å². The van der Waals surface area contributed by atoms with Gasteiger partial charge in [-0.2, -0.15) is 5.01 Å². The van der Waals surface area contributed by atoms with Gasteiger partial charge in [-0.15, -0.1) is 0 Å². The molecule has 3 fully saturated rings. The number of halogens is 2. The predicted molar refractivity (Wildman–Crippen MR) is 164 cm³/mol. The van der Waals surface area contributed by atoms with Crippen molar-refractivity contribution in [3.63, 3.8) is 0 Å². The molecule has 0 radical (unpaired) electrons. The van der Waals surface area contributed by atoms with Crippen LogP contribution in [-0.2, 0) is 24.6 Å². The van der Waals surface area contributed by atoms with Crippen LogP contribution in [0.2, 0.25) is 5.02 Å². The molecule has 45 heavy (non-hydrogen) atoms. The number of aromatic hydroxyl groups is 1. The fourth-order valence-electron chi connectivity index (χ4n) is 8.34. The maximum atomic E-state index is 15.0. The zero-order valence-electron chi connectivity index (χ0n) is 24.9. The van der Waals surface area contributed by atoms with Gasteiger partial charge in [-0.05, 0) is 91.3 Å². The number of nitrogens with zero attached hydrogens (tertiary/aromatic N) is 2. The summed E-state index contributed by atoms with van der Waals surface area (Å²) in [5.74, 6) is -5.14. The molecule has 0 unspecified atom stereocenters. The van der Waals surface area contributed by atoms with Crippen LogP contribution in [0.4, 0.5) is 10.1 Å². The van der Waals surface area contributed by atoms with E-state index in [9.17, 15) is 23.9 Å². The molecule has 230 valence electrons. The van der Waals surface area contributed by atoms with Crippen molar-refractivity contribution >= 4 is 40.9 Å². The molecule has 0 spiro atoms. The summed E-state index contributed by atoms with van der Waals surface area (Å²) in [7, 11) is 1.49. The van der Waals surface area contributed by atoms with Gasteiger partial charge in [0.15, 0.2) is 0 Å². The van der Waals surface area contributed by atoms with Crippen molar-refractivity contribution in [1.82, 2.24) is 9.91 Å². The third-order valence-corrected chi connectivity index (χ3v) is 10.6. The lowest BCUT2D eigenvalue weighted by Crippen LogP contribution is -2.53. The largest absolute Gasteiger partial charge is 0.507 e. The molecule has 2 saturated heterocycles. The van der Waals surface area contributed by atoms with E-state index in [0.717, 1.165) is 10.6 Å². The van der Waals surface area contributed by atoms with Crippen molar-refractivity contribution in [2.24, 2.45) is 23.7 Å². The number of nitrogens with one attached hydrogen (secondary N) is 1. The summed E-state index contributed by atoms with van der Waals surface area (Å²) < 4.78 is 13.7. The Morgan fingerprint density at radius 1 is 0.911 bits per heavy atom. The van der Waals surface area contributed by atoms with Crippen molar-refractivity contribution in [2.45, 2.75) is 38.0 Å². The van der Waals surface area contributed by atoms with Crippen molar-refractivity contribution in [3.05, 3.63) is 105 Å². The van der Waals surface area contributed by atoms with Gasteiger partial charge in [0.1, 0.15) is 11.6 Å². The van der Waals surface area contributed by atoms with Gasteiger partial charge in [0, 0.05) is 18.0 Å². The Morgan fingerprint density at radius 2 is 1.56 bits per heavy atom. The van der Waals surface area contributed by atoms with Crippen LogP contribution in [-0.4, -0.2) is 45.7 Å². The van der Waals surface area contributed by atoms with Crippen LogP contribution in [0.3, 0.4) is 0 Å². The van der Waals surface area contributed by atoms with E-state index >= 15 is 4.79 Å². The van der Waals surface area contributed by atoms with E-state index in [4.69, 9.17) is 11.6 Å². The molecule has 2 heterocycles.